The van der Waals surface area contributed by atoms with Crippen LogP contribution in [0.4, 0.5) is 10.2 Å². The number of nitrogens with zero attached hydrogens (tertiary/aromatic N) is 6. The Morgan fingerprint density at radius 1 is 1.07 bits per heavy atom. The van der Waals surface area contributed by atoms with E-state index in [0.29, 0.717) is 24.1 Å². The van der Waals surface area contributed by atoms with Gasteiger partial charge in [0.2, 0.25) is 0 Å². The van der Waals surface area contributed by atoms with Crippen LogP contribution in [0, 0.1) is 19.7 Å². The lowest BCUT2D eigenvalue weighted by Gasteiger charge is -2.05. The molecule has 0 radical (unpaired) electrons. The first-order chi connectivity index (χ1) is 14.4. The van der Waals surface area contributed by atoms with E-state index in [-0.39, 0.29) is 11.6 Å². The van der Waals surface area contributed by atoms with Crippen molar-refractivity contribution in [1.29, 1.82) is 0 Å². The molecule has 154 valence electrons. The van der Waals surface area contributed by atoms with Crippen LogP contribution >= 0.6 is 11.6 Å². The maximum absolute atomic E-state index is 13.2. The fourth-order valence-electron chi connectivity index (χ4n) is 3.04. The molecule has 0 unspecified atom stereocenters. The van der Waals surface area contributed by atoms with Gasteiger partial charge in [-0.15, -0.1) is 0 Å². The summed E-state index contributed by atoms with van der Waals surface area (Å²) in [4.78, 5) is 12.5. The van der Waals surface area contributed by atoms with E-state index in [1.807, 2.05) is 24.6 Å². The lowest BCUT2D eigenvalue weighted by atomic mass is 10.2. The van der Waals surface area contributed by atoms with E-state index in [4.69, 9.17) is 11.6 Å². The number of aromatic nitrogens is 6. The molecule has 8 nitrogen and oxygen atoms in total. The van der Waals surface area contributed by atoms with Crippen LogP contribution in [0.25, 0.3) is 0 Å². The summed E-state index contributed by atoms with van der Waals surface area (Å²) in [7, 11) is 0. The summed E-state index contributed by atoms with van der Waals surface area (Å²) in [6.07, 6.45) is 3.43. The SMILES string of the molecule is Cc1cc(C)n(Cn2ccc(C(=O)Nc3ccn(Cc4ccc(F)cc4Cl)n3)n2)n1. The number of aryl methyl sites for hydroxylation is 2. The molecule has 0 aliphatic carbocycles. The molecule has 0 fully saturated rings. The predicted molar refractivity (Wildman–Crippen MR) is 110 cm³/mol. The van der Waals surface area contributed by atoms with Crippen molar-refractivity contribution in [3.05, 3.63) is 82.3 Å². The zero-order chi connectivity index (χ0) is 21.3. The van der Waals surface area contributed by atoms with Crippen molar-refractivity contribution in [3.63, 3.8) is 0 Å². The van der Waals surface area contributed by atoms with E-state index in [9.17, 15) is 9.18 Å². The first-order valence-corrected chi connectivity index (χ1v) is 9.58. The van der Waals surface area contributed by atoms with E-state index in [2.05, 4.69) is 20.6 Å². The third kappa shape index (κ3) is 4.41. The standard InChI is InChI=1S/C20H19ClFN7O/c1-13-9-14(2)29(24-13)12-28-7-5-18(25-28)20(30)23-19-6-8-27(26-19)11-15-3-4-16(22)10-17(15)21/h3-10H,11-12H2,1-2H3,(H,23,26,30). The van der Waals surface area contributed by atoms with Crippen molar-refractivity contribution < 1.29 is 9.18 Å². The van der Waals surface area contributed by atoms with Gasteiger partial charge in [0.05, 0.1) is 12.2 Å². The summed E-state index contributed by atoms with van der Waals surface area (Å²) in [5.41, 5.74) is 2.94. The number of nitrogens with one attached hydrogen (secondary N) is 1. The molecule has 3 aromatic heterocycles. The summed E-state index contributed by atoms with van der Waals surface area (Å²) in [5, 5.41) is 16.0. The van der Waals surface area contributed by atoms with Gasteiger partial charge < -0.3 is 5.32 Å². The highest BCUT2D eigenvalue weighted by atomic mass is 35.5. The minimum absolute atomic E-state index is 0.271. The molecule has 0 bridgehead atoms. The van der Waals surface area contributed by atoms with E-state index in [1.54, 1.807) is 40.0 Å². The van der Waals surface area contributed by atoms with Crippen molar-refractivity contribution in [2.24, 2.45) is 0 Å². The highest BCUT2D eigenvalue weighted by Gasteiger charge is 2.13. The second-order valence-electron chi connectivity index (χ2n) is 6.90. The number of rotatable bonds is 6. The zero-order valence-electron chi connectivity index (χ0n) is 16.4. The molecule has 0 aliphatic rings. The van der Waals surface area contributed by atoms with Gasteiger partial charge in [-0.1, -0.05) is 17.7 Å². The van der Waals surface area contributed by atoms with Gasteiger partial charge in [-0.2, -0.15) is 15.3 Å². The molecule has 3 heterocycles. The molecule has 0 saturated heterocycles. The average Bonchev–Trinajstić information content (AvgIpc) is 3.39. The van der Waals surface area contributed by atoms with Gasteiger partial charge in [0.25, 0.3) is 5.91 Å². The van der Waals surface area contributed by atoms with Crippen LogP contribution in [0.15, 0.2) is 48.8 Å². The molecular weight excluding hydrogens is 409 g/mol. The van der Waals surface area contributed by atoms with E-state index in [0.717, 1.165) is 17.0 Å². The van der Waals surface area contributed by atoms with Crippen molar-refractivity contribution in [2.75, 3.05) is 5.32 Å². The molecule has 4 rings (SSSR count). The third-order valence-electron chi connectivity index (χ3n) is 4.49. The van der Waals surface area contributed by atoms with Crippen LogP contribution in [0.2, 0.25) is 5.02 Å². The Balaban J connectivity index is 1.40. The van der Waals surface area contributed by atoms with Gasteiger partial charge in [0, 0.05) is 29.2 Å². The lowest BCUT2D eigenvalue weighted by molar-refractivity contribution is 0.102. The first-order valence-electron chi connectivity index (χ1n) is 9.20. The van der Waals surface area contributed by atoms with Gasteiger partial charge >= 0.3 is 0 Å². The number of hydrogen-bond donors (Lipinski definition) is 1. The number of carbonyl (C=O) groups excluding carboxylic acids is 1. The number of benzene rings is 1. The number of carbonyl (C=O) groups is 1. The number of halogens is 2. The number of amides is 1. The van der Waals surface area contributed by atoms with E-state index >= 15 is 0 Å². The molecule has 1 N–H and O–H groups in total. The Labute approximate surface area is 176 Å². The molecule has 0 aliphatic heterocycles. The minimum atomic E-state index is -0.394. The predicted octanol–water partition coefficient (Wildman–Crippen LogP) is 3.49. The van der Waals surface area contributed by atoms with Crippen LogP contribution in [-0.4, -0.2) is 35.2 Å². The Bertz CT molecular complexity index is 1210. The summed E-state index contributed by atoms with van der Waals surface area (Å²) in [6, 6.07) is 9.49. The second-order valence-corrected chi connectivity index (χ2v) is 7.30. The quantitative estimate of drug-likeness (QED) is 0.510. The van der Waals surface area contributed by atoms with Crippen LogP contribution in [0.5, 0.6) is 0 Å². The third-order valence-corrected chi connectivity index (χ3v) is 4.84. The van der Waals surface area contributed by atoms with Crippen molar-refractivity contribution >= 4 is 23.3 Å². The van der Waals surface area contributed by atoms with Gasteiger partial charge in [-0.3, -0.25) is 14.2 Å². The van der Waals surface area contributed by atoms with Crippen molar-refractivity contribution in [1.82, 2.24) is 29.3 Å². The van der Waals surface area contributed by atoms with Gasteiger partial charge in [0.1, 0.15) is 12.5 Å². The van der Waals surface area contributed by atoms with Gasteiger partial charge in [0.15, 0.2) is 11.5 Å². The summed E-state index contributed by atoms with van der Waals surface area (Å²) < 4.78 is 18.2. The fourth-order valence-corrected chi connectivity index (χ4v) is 3.27. The van der Waals surface area contributed by atoms with Gasteiger partial charge in [-0.25, -0.2) is 9.07 Å². The number of hydrogen-bond acceptors (Lipinski definition) is 4. The maximum atomic E-state index is 13.2. The summed E-state index contributed by atoms with van der Waals surface area (Å²) >= 11 is 6.05. The Morgan fingerprint density at radius 2 is 1.87 bits per heavy atom. The topological polar surface area (TPSA) is 82.6 Å². The number of anilines is 1. The minimum Gasteiger partial charge on any atom is -0.304 e. The normalized spacial score (nSPS) is 11.1. The molecule has 4 aromatic rings. The lowest BCUT2D eigenvalue weighted by Crippen LogP contribution is -2.16. The molecule has 30 heavy (non-hydrogen) atoms. The molecule has 0 atom stereocenters. The molecular formula is C20H19ClFN7O. The Morgan fingerprint density at radius 3 is 2.60 bits per heavy atom. The van der Waals surface area contributed by atoms with E-state index in [1.165, 1.54) is 12.1 Å². The van der Waals surface area contributed by atoms with E-state index < -0.39 is 5.82 Å². The largest absolute Gasteiger partial charge is 0.304 e. The maximum Gasteiger partial charge on any atom is 0.277 e. The average molecular weight is 428 g/mol. The smallest absolute Gasteiger partial charge is 0.277 e. The second kappa shape index (κ2) is 8.11. The monoisotopic (exact) mass is 427 g/mol. The molecule has 10 heteroatoms. The summed E-state index contributed by atoms with van der Waals surface area (Å²) in [5.74, 6) is -0.382. The van der Waals surface area contributed by atoms with Crippen LogP contribution in [0.1, 0.15) is 27.4 Å². The molecule has 0 spiro atoms. The van der Waals surface area contributed by atoms with Crippen molar-refractivity contribution in [3.8, 4) is 0 Å². The van der Waals surface area contributed by atoms with Crippen LogP contribution < -0.4 is 5.32 Å². The van der Waals surface area contributed by atoms with Crippen molar-refractivity contribution in [2.45, 2.75) is 27.1 Å². The van der Waals surface area contributed by atoms with Crippen LogP contribution in [-0.2, 0) is 13.2 Å². The fraction of sp³-hybridized carbons (Fsp3) is 0.200. The van der Waals surface area contributed by atoms with Crippen LogP contribution in [0.3, 0.4) is 0 Å². The zero-order valence-corrected chi connectivity index (χ0v) is 17.1. The highest BCUT2D eigenvalue weighted by Crippen LogP contribution is 2.18. The Hall–Kier alpha value is -3.46. The summed E-state index contributed by atoms with van der Waals surface area (Å²) in [6.45, 7) is 4.66. The Kier molecular flexibility index (Phi) is 5.37. The molecule has 1 aromatic carbocycles. The first kappa shape index (κ1) is 19.8. The molecule has 1 amide bonds. The molecule has 0 saturated carbocycles. The highest BCUT2D eigenvalue weighted by molar-refractivity contribution is 6.31. The van der Waals surface area contributed by atoms with Gasteiger partial charge in [-0.05, 0) is 43.7 Å².